The number of nitrogens with one attached hydrogen (secondary N) is 1. The molecule has 5 heteroatoms. The second-order valence-electron chi connectivity index (χ2n) is 6.44. The number of H-pyrrole nitrogens is 1. The summed E-state index contributed by atoms with van der Waals surface area (Å²) >= 11 is 0. The molecule has 0 aliphatic carbocycles. The minimum Gasteiger partial charge on any atom is -0.480 e. The molecule has 0 bridgehead atoms. The van der Waals surface area contributed by atoms with Crippen LogP contribution in [0.3, 0.4) is 0 Å². The predicted molar refractivity (Wildman–Crippen MR) is 93.0 cm³/mol. The highest BCUT2D eigenvalue weighted by atomic mass is 16.5. The minimum absolute atomic E-state index is 0.0916. The van der Waals surface area contributed by atoms with Gasteiger partial charge in [0.15, 0.2) is 6.10 Å². The first-order valence-electron chi connectivity index (χ1n) is 8.68. The number of piperidine rings is 1. The lowest BCUT2D eigenvalue weighted by molar-refractivity contribution is -0.140. The van der Waals surface area contributed by atoms with Gasteiger partial charge < -0.3 is 9.64 Å². The molecule has 0 radical (unpaired) electrons. The van der Waals surface area contributed by atoms with Crippen LogP contribution < -0.4 is 4.74 Å². The van der Waals surface area contributed by atoms with Gasteiger partial charge in [-0.1, -0.05) is 25.1 Å². The number of aromatic nitrogens is 2. The number of rotatable bonds is 5. The van der Waals surface area contributed by atoms with Crippen LogP contribution in [-0.2, 0) is 4.79 Å². The van der Waals surface area contributed by atoms with Crippen molar-refractivity contribution in [2.45, 2.75) is 45.1 Å². The van der Waals surface area contributed by atoms with Crippen molar-refractivity contribution in [1.29, 1.82) is 0 Å². The van der Waals surface area contributed by atoms with Crippen LogP contribution in [0, 0.1) is 6.92 Å². The largest absolute Gasteiger partial charge is 0.480 e. The first kappa shape index (κ1) is 16.6. The highest BCUT2D eigenvalue weighted by Gasteiger charge is 2.30. The standard InChI is InChI=1S/C19H25N3O2/c1-3-17(24-18-9-5-4-7-14(18)2)19(23)22-10-6-8-15(13-22)16-11-20-21-12-16/h4-5,7,9,11-12,15,17H,3,6,8,10,13H2,1-2H3,(H,20,21). The van der Waals surface area contributed by atoms with Crippen molar-refractivity contribution >= 4 is 5.91 Å². The highest BCUT2D eigenvalue weighted by molar-refractivity contribution is 5.81. The summed E-state index contributed by atoms with van der Waals surface area (Å²) in [5, 5.41) is 6.90. The average molecular weight is 327 g/mol. The summed E-state index contributed by atoms with van der Waals surface area (Å²) in [5.41, 5.74) is 2.24. The fourth-order valence-corrected chi connectivity index (χ4v) is 3.29. The second-order valence-corrected chi connectivity index (χ2v) is 6.44. The van der Waals surface area contributed by atoms with Crippen molar-refractivity contribution in [1.82, 2.24) is 15.1 Å². The lowest BCUT2D eigenvalue weighted by atomic mass is 9.92. The maximum atomic E-state index is 12.9. The number of benzene rings is 1. The van der Waals surface area contributed by atoms with Gasteiger partial charge in [-0.05, 0) is 43.4 Å². The zero-order valence-corrected chi connectivity index (χ0v) is 14.4. The Morgan fingerprint density at radius 3 is 3.00 bits per heavy atom. The van der Waals surface area contributed by atoms with Gasteiger partial charge in [-0.15, -0.1) is 0 Å². The Morgan fingerprint density at radius 2 is 2.29 bits per heavy atom. The van der Waals surface area contributed by atoms with Crippen LogP contribution in [0.2, 0.25) is 0 Å². The van der Waals surface area contributed by atoms with E-state index in [4.69, 9.17) is 4.74 Å². The normalized spacial score (nSPS) is 19.1. The quantitative estimate of drug-likeness (QED) is 0.917. The zero-order chi connectivity index (χ0) is 16.9. The molecule has 3 rings (SSSR count). The van der Waals surface area contributed by atoms with Gasteiger partial charge in [0.2, 0.25) is 0 Å². The van der Waals surface area contributed by atoms with Gasteiger partial charge in [0.1, 0.15) is 5.75 Å². The van der Waals surface area contributed by atoms with E-state index in [9.17, 15) is 4.79 Å². The van der Waals surface area contributed by atoms with E-state index >= 15 is 0 Å². The van der Waals surface area contributed by atoms with Crippen molar-refractivity contribution in [3.63, 3.8) is 0 Å². The molecule has 5 nitrogen and oxygen atoms in total. The zero-order valence-electron chi connectivity index (χ0n) is 14.4. The predicted octanol–water partition coefficient (Wildman–Crippen LogP) is 3.28. The number of hydrogen-bond donors (Lipinski definition) is 1. The molecule has 1 aliphatic rings. The molecule has 2 heterocycles. The van der Waals surface area contributed by atoms with Crippen molar-refractivity contribution < 1.29 is 9.53 Å². The van der Waals surface area contributed by atoms with Crippen LogP contribution in [0.1, 0.15) is 43.2 Å². The number of ether oxygens (including phenoxy) is 1. The van der Waals surface area contributed by atoms with Gasteiger partial charge in [0.25, 0.3) is 5.91 Å². The molecular weight excluding hydrogens is 302 g/mol. The van der Waals surface area contributed by atoms with E-state index in [-0.39, 0.29) is 5.91 Å². The number of aryl methyl sites for hydroxylation is 1. The van der Waals surface area contributed by atoms with Crippen LogP contribution in [-0.4, -0.2) is 40.2 Å². The monoisotopic (exact) mass is 327 g/mol. The SMILES string of the molecule is CCC(Oc1ccccc1C)C(=O)N1CCCC(c2cn[nH]c2)C1. The Labute approximate surface area is 143 Å². The molecule has 1 fully saturated rings. The fraction of sp³-hybridized carbons (Fsp3) is 0.474. The van der Waals surface area contributed by atoms with Crippen LogP contribution in [0.25, 0.3) is 0 Å². The molecule has 1 N–H and O–H groups in total. The number of likely N-dealkylation sites (tertiary alicyclic amines) is 1. The van der Waals surface area contributed by atoms with Crippen molar-refractivity contribution in [2.75, 3.05) is 13.1 Å². The molecule has 1 aromatic heterocycles. The number of aromatic amines is 1. The van der Waals surface area contributed by atoms with Crippen LogP contribution in [0.5, 0.6) is 5.75 Å². The molecule has 0 spiro atoms. The van der Waals surface area contributed by atoms with Crippen LogP contribution in [0.4, 0.5) is 0 Å². The first-order chi connectivity index (χ1) is 11.7. The van der Waals surface area contributed by atoms with E-state index in [0.29, 0.717) is 12.3 Å². The topological polar surface area (TPSA) is 58.2 Å². The van der Waals surface area contributed by atoms with E-state index in [1.165, 1.54) is 5.56 Å². The van der Waals surface area contributed by atoms with Gasteiger partial charge in [-0.25, -0.2) is 0 Å². The Morgan fingerprint density at radius 1 is 1.46 bits per heavy atom. The smallest absolute Gasteiger partial charge is 0.263 e. The Kier molecular flexibility index (Phi) is 5.18. The van der Waals surface area contributed by atoms with E-state index in [1.807, 2.05) is 55.4 Å². The van der Waals surface area contributed by atoms with Crippen LogP contribution >= 0.6 is 0 Å². The maximum Gasteiger partial charge on any atom is 0.263 e. The molecule has 2 aromatic rings. The summed E-state index contributed by atoms with van der Waals surface area (Å²) in [7, 11) is 0. The Hall–Kier alpha value is -2.30. The number of carbonyl (C=O) groups excluding carboxylic acids is 1. The van der Waals surface area contributed by atoms with Crippen molar-refractivity contribution in [3.05, 3.63) is 47.8 Å². The van der Waals surface area contributed by atoms with Gasteiger partial charge in [-0.2, -0.15) is 5.10 Å². The Balaban J connectivity index is 1.68. The first-order valence-corrected chi connectivity index (χ1v) is 8.68. The van der Waals surface area contributed by atoms with Gasteiger partial charge in [0.05, 0.1) is 6.20 Å². The maximum absolute atomic E-state index is 12.9. The fourth-order valence-electron chi connectivity index (χ4n) is 3.29. The third kappa shape index (κ3) is 3.61. The molecule has 2 unspecified atom stereocenters. The molecule has 128 valence electrons. The molecule has 0 saturated carbocycles. The summed E-state index contributed by atoms with van der Waals surface area (Å²) in [6, 6.07) is 7.85. The van der Waals surface area contributed by atoms with Gasteiger partial charge in [0, 0.05) is 25.2 Å². The van der Waals surface area contributed by atoms with E-state index in [2.05, 4.69) is 10.2 Å². The number of para-hydroxylation sites is 1. The van der Waals surface area contributed by atoms with E-state index < -0.39 is 6.10 Å². The molecule has 1 saturated heterocycles. The van der Waals surface area contributed by atoms with E-state index in [1.54, 1.807) is 0 Å². The summed E-state index contributed by atoms with van der Waals surface area (Å²) in [4.78, 5) is 14.9. The lowest BCUT2D eigenvalue weighted by Crippen LogP contribution is -2.46. The number of nitrogens with zero attached hydrogens (tertiary/aromatic N) is 2. The number of carbonyl (C=O) groups is 1. The molecular formula is C19H25N3O2. The molecule has 1 aliphatic heterocycles. The van der Waals surface area contributed by atoms with Gasteiger partial charge >= 0.3 is 0 Å². The second kappa shape index (κ2) is 7.51. The molecule has 1 aromatic carbocycles. The number of amides is 1. The highest BCUT2D eigenvalue weighted by Crippen LogP contribution is 2.27. The van der Waals surface area contributed by atoms with Crippen LogP contribution in [0.15, 0.2) is 36.7 Å². The third-order valence-corrected chi connectivity index (χ3v) is 4.73. The summed E-state index contributed by atoms with van der Waals surface area (Å²) in [6.07, 6.45) is 6.15. The van der Waals surface area contributed by atoms with Crippen molar-refractivity contribution in [2.24, 2.45) is 0 Å². The average Bonchev–Trinajstić information content (AvgIpc) is 3.15. The Bertz CT molecular complexity index is 669. The number of hydrogen-bond acceptors (Lipinski definition) is 3. The van der Waals surface area contributed by atoms with Gasteiger partial charge in [-0.3, -0.25) is 9.89 Å². The summed E-state index contributed by atoms with van der Waals surface area (Å²) in [5.74, 6) is 1.24. The summed E-state index contributed by atoms with van der Waals surface area (Å²) in [6.45, 7) is 5.55. The third-order valence-electron chi connectivity index (χ3n) is 4.73. The minimum atomic E-state index is -0.422. The lowest BCUT2D eigenvalue weighted by Gasteiger charge is -2.34. The summed E-state index contributed by atoms with van der Waals surface area (Å²) < 4.78 is 6.03. The van der Waals surface area contributed by atoms with Crippen molar-refractivity contribution in [3.8, 4) is 5.75 Å². The molecule has 1 amide bonds. The van der Waals surface area contributed by atoms with E-state index in [0.717, 1.165) is 37.2 Å². The molecule has 24 heavy (non-hydrogen) atoms. The molecule has 2 atom stereocenters.